The molecule has 0 unspecified atom stereocenters. The highest BCUT2D eigenvalue weighted by molar-refractivity contribution is 5.95. The number of phenols is 1. The molecule has 0 radical (unpaired) electrons. The Bertz CT molecular complexity index is 347. The number of phenolic OH excluding ortho intramolecular Hbond substituents is 1. The van der Waals surface area contributed by atoms with Crippen molar-refractivity contribution >= 4 is 5.90 Å². The fourth-order valence-electron chi connectivity index (χ4n) is 1.27. The van der Waals surface area contributed by atoms with Crippen molar-refractivity contribution < 1.29 is 9.84 Å². The second-order valence-electron chi connectivity index (χ2n) is 3.12. The van der Waals surface area contributed by atoms with Gasteiger partial charge in [0, 0.05) is 5.56 Å². The van der Waals surface area contributed by atoms with E-state index in [1.807, 2.05) is 13.0 Å². The molecule has 3 nitrogen and oxygen atoms in total. The summed E-state index contributed by atoms with van der Waals surface area (Å²) in [5, 5.41) is 9.23. The van der Waals surface area contributed by atoms with E-state index in [4.69, 9.17) is 4.74 Å². The highest BCUT2D eigenvalue weighted by Gasteiger charge is 2.16. The molecule has 1 atom stereocenters. The lowest BCUT2D eigenvalue weighted by Crippen LogP contribution is -2.08. The summed E-state index contributed by atoms with van der Waals surface area (Å²) in [7, 11) is 0. The highest BCUT2D eigenvalue weighted by atomic mass is 16.5. The van der Waals surface area contributed by atoms with Gasteiger partial charge in [-0.3, -0.25) is 0 Å². The van der Waals surface area contributed by atoms with Gasteiger partial charge in [-0.15, -0.1) is 0 Å². The number of rotatable bonds is 1. The van der Waals surface area contributed by atoms with Crippen molar-refractivity contribution in [2.75, 3.05) is 6.54 Å². The molecule has 0 bridgehead atoms. The van der Waals surface area contributed by atoms with Crippen LogP contribution in [0.2, 0.25) is 0 Å². The first-order valence-corrected chi connectivity index (χ1v) is 4.26. The van der Waals surface area contributed by atoms with Crippen LogP contribution < -0.4 is 0 Å². The Labute approximate surface area is 76.7 Å². The van der Waals surface area contributed by atoms with E-state index in [1.54, 1.807) is 18.2 Å². The minimum Gasteiger partial charge on any atom is -0.508 e. The van der Waals surface area contributed by atoms with Gasteiger partial charge in [0.25, 0.3) is 0 Å². The summed E-state index contributed by atoms with van der Waals surface area (Å²) in [6.07, 6.45) is 0.150. The summed E-state index contributed by atoms with van der Waals surface area (Å²) in [4.78, 5) is 4.21. The monoisotopic (exact) mass is 177 g/mol. The fraction of sp³-hybridized carbons (Fsp3) is 0.300. The van der Waals surface area contributed by atoms with Crippen LogP contribution in [0.5, 0.6) is 5.75 Å². The van der Waals surface area contributed by atoms with Gasteiger partial charge in [-0.2, -0.15) is 0 Å². The molecule has 0 fully saturated rings. The number of hydrogen-bond donors (Lipinski definition) is 1. The third kappa shape index (κ3) is 1.64. The molecule has 1 heterocycles. The summed E-state index contributed by atoms with van der Waals surface area (Å²) >= 11 is 0. The molecule has 0 aliphatic carbocycles. The van der Waals surface area contributed by atoms with Gasteiger partial charge in [-0.25, -0.2) is 4.99 Å². The van der Waals surface area contributed by atoms with Crippen LogP contribution in [-0.2, 0) is 4.74 Å². The van der Waals surface area contributed by atoms with Gasteiger partial charge in [-0.05, 0) is 25.1 Å². The minimum atomic E-state index is 0.150. The standard InChI is InChI=1S/C10H11NO2/c1-7-6-11-10(13-7)8-3-2-4-9(12)5-8/h2-5,7,12H,6H2,1H3/t7-/m1/s1. The van der Waals surface area contributed by atoms with Crippen LogP contribution in [0, 0.1) is 0 Å². The Morgan fingerprint density at radius 3 is 3.00 bits per heavy atom. The normalized spacial score (nSPS) is 21.0. The second kappa shape index (κ2) is 3.09. The molecular weight excluding hydrogens is 166 g/mol. The predicted octanol–water partition coefficient (Wildman–Crippen LogP) is 1.56. The van der Waals surface area contributed by atoms with Crippen LogP contribution in [0.1, 0.15) is 12.5 Å². The molecule has 68 valence electrons. The quantitative estimate of drug-likeness (QED) is 0.707. The maximum absolute atomic E-state index is 9.23. The zero-order valence-corrected chi connectivity index (χ0v) is 7.40. The maximum Gasteiger partial charge on any atom is 0.216 e. The van der Waals surface area contributed by atoms with Crippen LogP contribution >= 0.6 is 0 Å². The lowest BCUT2D eigenvalue weighted by molar-refractivity contribution is 0.246. The molecule has 1 aliphatic heterocycles. The highest BCUT2D eigenvalue weighted by Crippen LogP contribution is 2.16. The Hall–Kier alpha value is -1.51. The van der Waals surface area contributed by atoms with Crippen LogP contribution in [0.3, 0.4) is 0 Å². The Morgan fingerprint density at radius 1 is 1.54 bits per heavy atom. The minimum absolute atomic E-state index is 0.150. The van der Waals surface area contributed by atoms with E-state index in [0.717, 1.165) is 5.56 Å². The van der Waals surface area contributed by atoms with E-state index in [2.05, 4.69) is 4.99 Å². The van der Waals surface area contributed by atoms with Crippen molar-refractivity contribution in [2.24, 2.45) is 4.99 Å². The largest absolute Gasteiger partial charge is 0.508 e. The summed E-state index contributed by atoms with van der Waals surface area (Å²) in [6, 6.07) is 6.93. The smallest absolute Gasteiger partial charge is 0.216 e. The van der Waals surface area contributed by atoms with E-state index in [-0.39, 0.29) is 11.9 Å². The molecule has 3 heteroatoms. The van der Waals surface area contributed by atoms with Crippen LogP contribution in [0.15, 0.2) is 29.3 Å². The molecule has 0 saturated carbocycles. The van der Waals surface area contributed by atoms with Gasteiger partial charge in [0.15, 0.2) is 0 Å². The zero-order valence-electron chi connectivity index (χ0n) is 7.40. The molecule has 13 heavy (non-hydrogen) atoms. The third-order valence-corrected chi connectivity index (χ3v) is 1.90. The van der Waals surface area contributed by atoms with E-state index in [1.165, 1.54) is 0 Å². The van der Waals surface area contributed by atoms with Crippen molar-refractivity contribution in [3.05, 3.63) is 29.8 Å². The Balaban J connectivity index is 2.26. The fourth-order valence-corrected chi connectivity index (χ4v) is 1.27. The van der Waals surface area contributed by atoms with Crippen molar-refractivity contribution in [2.45, 2.75) is 13.0 Å². The van der Waals surface area contributed by atoms with Gasteiger partial charge in [0.1, 0.15) is 11.9 Å². The van der Waals surface area contributed by atoms with E-state index in [9.17, 15) is 5.11 Å². The van der Waals surface area contributed by atoms with Crippen LogP contribution in [-0.4, -0.2) is 23.7 Å². The first-order valence-electron chi connectivity index (χ1n) is 4.26. The van der Waals surface area contributed by atoms with E-state index < -0.39 is 0 Å². The number of aromatic hydroxyl groups is 1. The number of aliphatic imine (C=N–C) groups is 1. The van der Waals surface area contributed by atoms with Crippen LogP contribution in [0.25, 0.3) is 0 Å². The van der Waals surface area contributed by atoms with E-state index in [0.29, 0.717) is 12.4 Å². The summed E-state index contributed by atoms with van der Waals surface area (Å²) in [5.41, 5.74) is 0.837. The molecule has 0 spiro atoms. The molecule has 0 saturated heterocycles. The second-order valence-corrected chi connectivity index (χ2v) is 3.12. The number of hydrogen-bond acceptors (Lipinski definition) is 3. The van der Waals surface area contributed by atoms with Crippen molar-refractivity contribution in [3.63, 3.8) is 0 Å². The Morgan fingerprint density at radius 2 is 2.38 bits per heavy atom. The summed E-state index contributed by atoms with van der Waals surface area (Å²) in [6.45, 7) is 2.67. The van der Waals surface area contributed by atoms with Crippen molar-refractivity contribution in [1.29, 1.82) is 0 Å². The predicted molar refractivity (Wildman–Crippen MR) is 50.1 cm³/mol. The molecule has 0 amide bonds. The Kier molecular flexibility index (Phi) is 1.93. The molecule has 1 N–H and O–H groups in total. The number of benzene rings is 1. The molecule has 1 aromatic carbocycles. The first-order chi connectivity index (χ1) is 6.25. The van der Waals surface area contributed by atoms with Gasteiger partial charge >= 0.3 is 0 Å². The average Bonchev–Trinajstić information content (AvgIpc) is 2.52. The zero-order chi connectivity index (χ0) is 9.26. The van der Waals surface area contributed by atoms with E-state index >= 15 is 0 Å². The SMILES string of the molecule is C[C@@H]1CN=C(c2cccc(O)c2)O1. The van der Waals surface area contributed by atoms with Gasteiger partial charge in [-0.1, -0.05) is 6.07 Å². The lowest BCUT2D eigenvalue weighted by atomic mass is 10.2. The molecular formula is C10H11NO2. The van der Waals surface area contributed by atoms with Gasteiger partial charge < -0.3 is 9.84 Å². The summed E-state index contributed by atoms with van der Waals surface area (Å²) in [5.74, 6) is 0.867. The summed E-state index contributed by atoms with van der Waals surface area (Å²) < 4.78 is 5.44. The maximum atomic E-state index is 9.23. The van der Waals surface area contributed by atoms with Crippen LogP contribution in [0.4, 0.5) is 0 Å². The first kappa shape index (κ1) is 8.10. The molecule has 1 aromatic rings. The molecule has 2 rings (SSSR count). The van der Waals surface area contributed by atoms with Gasteiger partial charge in [0.2, 0.25) is 5.90 Å². The average molecular weight is 177 g/mol. The lowest BCUT2D eigenvalue weighted by Gasteiger charge is -2.05. The number of nitrogens with zero attached hydrogens (tertiary/aromatic N) is 1. The third-order valence-electron chi connectivity index (χ3n) is 1.90. The topological polar surface area (TPSA) is 41.8 Å². The van der Waals surface area contributed by atoms with Crippen molar-refractivity contribution in [3.8, 4) is 5.75 Å². The molecule has 1 aliphatic rings. The number of ether oxygens (including phenoxy) is 1. The van der Waals surface area contributed by atoms with Crippen molar-refractivity contribution in [1.82, 2.24) is 0 Å². The molecule has 0 aromatic heterocycles. The van der Waals surface area contributed by atoms with Gasteiger partial charge in [0.05, 0.1) is 6.54 Å².